The Kier molecular flexibility index (Phi) is 3.55. The van der Waals surface area contributed by atoms with Crippen LogP contribution in [0.3, 0.4) is 0 Å². The van der Waals surface area contributed by atoms with Crippen molar-refractivity contribution in [3.63, 3.8) is 0 Å². The highest BCUT2D eigenvalue weighted by atomic mass is 16.5. The Bertz CT molecular complexity index is 428. The predicted molar refractivity (Wildman–Crippen MR) is 57.8 cm³/mol. The zero-order chi connectivity index (χ0) is 12.3. The molecule has 0 saturated heterocycles. The fourth-order valence-corrected chi connectivity index (χ4v) is 1.46. The standard InChI is InChI=1S/C12H12O4/c1-7(13)9-5-4-6-10(8(2)14)11(9)12(15)16-3/h4-6H,1-3H3. The number of methoxy groups -OCH3 is 1. The van der Waals surface area contributed by atoms with E-state index < -0.39 is 5.97 Å². The van der Waals surface area contributed by atoms with Gasteiger partial charge >= 0.3 is 5.97 Å². The first-order valence-electron chi connectivity index (χ1n) is 4.72. The lowest BCUT2D eigenvalue weighted by Crippen LogP contribution is -2.14. The van der Waals surface area contributed by atoms with Gasteiger partial charge in [-0.2, -0.15) is 0 Å². The molecular formula is C12H12O4. The van der Waals surface area contributed by atoms with Crippen molar-refractivity contribution >= 4 is 17.5 Å². The molecule has 0 aliphatic rings. The molecule has 0 heterocycles. The van der Waals surface area contributed by atoms with Gasteiger partial charge in [0.2, 0.25) is 0 Å². The highest BCUT2D eigenvalue weighted by molar-refractivity contribution is 6.12. The van der Waals surface area contributed by atoms with Crippen LogP contribution in [0, 0.1) is 0 Å². The van der Waals surface area contributed by atoms with E-state index in [0.717, 1.165) is 0 Å². The van der Waals surface area contributed by atoms with Crippen molar-refractivity contribution in [3.8, 4) is 0 Å². The van der Waals surface area contributed by atoms with E-state index >= 15 is 0 Å². The lowest BCUT2D eigenvalue weighted by molar-refractivity contribution is 0.0593. The summed E-state index contributed by atoms with van der Waals surface area (Å²) in [4.78, 5) is 34.2. The largest absolute Gasteiger partial charge is 0.465 e. The summed E-state index contributed by atoms with van der Waals surface area (Å²) in [7, 11) is 1.21. The third-order valence-electron chi connectivity index (χ3n) is 2.21. The minimum Gasteiger partial charge on any atom is -0.465 e. The van der Waals surface area contributed by atoms with Crippen molar-refractivity contribution in [2.75, 3.05) is 7.11 Å². The number of benzene rings is 1. The molecule has 4 nitrogen and oxygen atoms in total. The summed E-state index contributed by atoms with van der Waals surface area (Å²) >= 11 is 0. The van der Waals surface area contributed by atoms with Crippen LogP contribution in [0.4, 0.5) is 0 Å². The molecule has 0 bridgehead atoms. The third kappa shape index (κ3) is 2.16. The van der Waals surface area contributed by atoms with Gasteiger partial charge in [-0.3, -0.25) is 9.59 Å². The minimum atomic E-state index is -0.670. The molecule has 0 aliphatic heterocycles. The van der Waals surface area contributed by atoms with Crippen molar-refractivity contribution in [2.24, 2.45) is 0 Å². The summed E-state index contributed by atoms with van der Waals surface area (Å²) in [5.74, 6) is -1.22. The fourth-order valence-electron chi connectivity index (χ4n) is 1.46. The second kappa shape index (κ2) is 4.70. The molecule has 0 radical (unpaired) electrons. The SMILES string of the molecule is COC(=O)c1c(C(C)=O)cccc1C(C)=O. The van der Waals surface area contributed by atoms with Crippen molar-refractivity contribution < 1.29 is 19.1 Å². The number of ether oxygens (including phenoxy) is 1. The van der Waals surface area contributed by atoms with E-state index in [1.807, 2.05) is 0 Å². The molecule has 0 aromatic heterocycles. The van der Waals surface area contributed by atoms with Gasteiger partial charge in [-0.05, 0) is 13.8 Å². The van der Waals surface area contributed by atoms with Crippen molar-refractivity contribution in [2.45, 2.75) is 13.8 Å². The maximum Gasteiger partial charge on any atom is 0.339 e. The van der Waals surface area contributed by atoms with Gasteiger partial charge in [-0.25, -0.2) is 4.79 Å². The zero-order valence-electron chi connectivity index (χ0n) is 9.37. The van der Waals surface area contributed by atoms with E-state index in [1.54, 1.807) is 6.07 Å². The second-order valence-electron chi connectivity index (χ2n) is 3.33. The Balaban J connectivity index is 3.53. The molecule has 1 aromatic rings. The minimum absolute atomic E-state index is 0.0463. The van der Waals surface area contributed by atoms with Gasteiger partial charge in [-0.15, -0.1) is 0 Å². The van der Waals surface area contributed by atoms with Gasteiger partial charge in [0.1, 0.15) is 0 Å². The molecule has 0 spiro atoms. The number of ketones is 2. The van der Waals surface area contributed by atoms with Gasteiger partial charge in [0.15, 0.2) is 11.6 Å². The molecule has 0 atom stereocenters. The monoisotopic (exact) mass is 220 g/mol. The van der Waals surface area contributed by atoms with Crippen LogP contribution in [0.1, 0.15) is 44.9 Å². The highest BCUT2D eigenvalue weighted by Crippen LogP contribution is 2.17. The first-order chi connectivity index (χ1) is 7.49. The maximum atomic E-state index is 11.5. The molecular weight excluding hydrogens is 208 g/mol. The lowest BCUT2D eigenvalue weighted by atomic mass is 9.96. The van der Waals surface area contributed by atoms with Gasteiger partial charge in [-0.1, -0.05) is 18.2 Å². The summed E-state index contributed by atoms with van der Waals surface area (Å²) in [5.41, 5.74) is 0.462. The van der Waals surface area contributed by atoms with Crippen molar-refractivity contribution in [1.82, 2.24) is 0 Å². The quantitative estimate of drug-likeness (QED) is 0.576. The third-order valence-corrected chi connectivity index (χ3v) is 2.21. The van der Waals surface area contributed by atoms with E-state index in [0.29, 0.717) is 0 Å². The maximum absolute atomic E-state index is 11.5. The highest BCUT2D eigenvalue weighted by Gasteiger charge is 2.21. The van der Waals surface area contributed by atoms with Gasteiger partial charge in [0.05, 0.1) is 12.7 Å². The van der Waals surface area contributed by atoms with Gasteiger partial charge in [0, 0.05) is 11.1 Å². The molecule has 0 fully saturated rings. The average molecular weight is 220 g/mol. The number of hydrogen-bond acceptors (Lipinski definition) is 4. The van der Waals surface area contributed by atoms with Crippen LogP contribution >= 0.6 is 0 Å². The summed E-state index contributed by atoms with van der Waals surface area (Å²) in [6.45, 7) is 2.68. The van der Waals surface area contributed by atoms with Crippen molar-refractivity contribution in [3.05, 3.63) is 34.9 Å². The number of rotatable bonds is 3. The summed E-state index contributed by atoms with van der Waals surface area (Å²) in [6.07, 6.45) is 0. The second-order valence-corrected chi connectivity index (χ2v) is 3.33. The Morgan fingerprint density at radius 3 is 1.75 bits per heavy atom. The number of Topliss-reactive ketones (excluding diaryl/α,β-unsaturated/α-hetero) is 2. The molecule has 0 aliphatic carbocycles. The van der Waals surface area contributed by atoms with Gasteiger partial charge in [0.25, 0.3) is 0 Å². The molecule has 1 aromatic carbocycles. The first-order valence-corrected chi connectivity index (χ1v) is 4.72. The van der Waals surface area contributed by atoms with Crippen LogP contribution in [0.25, 0.3) is 0 Å². The average Bonchev–Trinajstić information content (AvgIpc) is 2.26. The molecule has 0 N–H and O–H groups in total. The molecule has 0 saturated carbocycles. The smallest absolute Gasteiger partial charge is 0.339 e. The zero-order valence-corrected chi connectivity index (χ0v) is 9.37. The predicted octanol–water partition coefficient (Wildman–Crippen LogP) is 1.88. The van der Waals surface area contributed by atoms with E-state index in [1.165, 1.54) is 33.1 Å². The van der Waals surface area contributed by atoms with Crippen LogP contribution in [-0.2, 0) is 4.74 Å². The number of carbonyl (C=O) groups is 3. The topological polar surface area (TPSA) is 60.4 Å². The van der Waals surface area contributed by atoms with Crippen LogP contribution in [0.2, 0.25) is 0 Å². The van der Waals surface area contributed by atoms with E-state index in [-0.39, 0.29) is 28.3 Å². The Hall–Kier alpha value is -1.97. The fraction of sp³-hybridized carbons (Fsp3) is 0.250. The van der Waals surface area contributed by atoms with E-state index in [9.17, 15) is 14.4 Å². The normalized spacial score (nSPS) is 9.69. The number of carbonyl (C=O) groups excluding carboxylic acids is 3. The lowest BCUT2D eigenvalue weighted by Gasteiger charge is -2.08. The Morgan fingerprint density at radius 2 is 1.44 bits per heavy atom. The molecule has 0 amide bonds. The molecule has 84 valence electrons. The molecule has 16 heavy (non-hydrogen) atoms. The molecule has 0 unspecified atom stereocenters. The Morgan fingerprint density at radius 1 is 1.00 bits per heavy atom. The van der Waals surface area contributed by atoms with Crippen molar-refractivity contribution in [1.29, 1.82) is 0 Å². The molecule has 1 rings (SSSR count). The van der Waals surface area contributed by atoms with Crippen LogP contribution < -0.4 is 0 Å². The van der Waals surface area contributed by atoms with Crippen LogP contribution in [-0.4, -0.2) is 24.6 Å². The van der Waals surface area contributed by atoms with Crippen LogP contribution in [0.5, 0.6) is 0 Å². The number of esters is 1. The molecule has 4 heteroatoms. The summed E-state index contributed by atoms with van der Waals surface area (Å²) in [5, 5.41) is 0. The van der Waals surface area contributed by atoms with E-state index in [4.69, 9.17) is 0 Å². The Labute approximate surface area is 93.2 Å². The van der Waals surface area contributed by atoms with Gasteiger partial charge < -0.3 is 4.74 Å². The van der Waals surface area contributed by atoms with E-state index in [2.05, 4.69) is 4.74 Å². The first kappa shape index (κ1) is 12.1. The number of hydrogen-bond donors (Lipinski definition) is 0. The summed E-state index contributed by atoms with van der Waals surface area (Å²) in [6, 6.07) is 4.57. The van der Waals surface area contributed by atoms with Crippen LogP contribution in [0.15, 0.2) is 18.2 Å². The summed E-state index contributed by atoms with van der Waals surface area (Å²) < 4.78 is 4.57.